The van der Waals surface area contributed by atoms with Gasteiger partial charge in [-0.2, -0.15) is 5.10 Å². The van der Waals surface area contributed by atoms with Crippen molar-refractivity contribution < 1.29 is 13.5 Å². The van der Waals surface area contributed by atoms with Crippen LogP contribution >= 0.6 is 0 Å². The van der Waals surface area contributed by atoms with Gasteiger partial charge in [0, 0.05) is 32.2 Å². The number of aromatic nitrogens is 3. The smallest absolute Gasteiger partial charge is 0.245 e. The molecule has 2 rings (SSSR count). The van der Waals surface area contributed by atoms with Crippen LogP contribution in [0, 0.1) is 0 Å². The number of hydrogen-bond acceptors (Lipinski definition) is 5. The molecule has 0 saturated heterocycles. The lowest BCUT2D eigenvalue weighted by molar-refractivity contribution is 0.269. The summed E-state index contributed by atoms with van der Waals surface area (Å²) in [4.78, 5) is 4.06. The SMILES string of the molecule is CN(CCc1ccncc1)S(=O)(=O)c1cnn(CCO)c1. The number of aliphatic hydroxyl groups excluding tert-OH is 1. The van der Waals surface area contributed by atoms with Crippen molar-refractivity contribution in [3.05, 3.63) is 42.5 Å². The third-order valence-corrected chi connectivity index (χ3v) is 4.92. The molecule has 0 unspecified atom stereocenters. The van der Waals surface area contributed by atoms with Gasteiger partial charge in [-0.15, -0.1) is 0 Å². The summed E-state index contributed by atoms with van der Waals surface area (Å²) in [6.07, 6.45) is 6.71. The normalized spacial score (nSPS) is 12.0. The second-order valence-electron chi connectivity index (χ2n) is 4.59. The highest BCUT2D eigenvalue weighted by Crippen LogP contribution is 2.13. The van der Waals surface area contributed by atoms with Crippen LogP contribution in [0.5, 0.6) is 0 Å². The fourth-order valence-electron chi connectivity index (χ4n) is 1.84. The molecule has 2 aromatic heterocycles. The van der Waals surface area contributed by atoms with Gasteiger partial charge in [0.05, 0.1) is 19.3 Å². The highest BCUT2D eigenvalue weighted by Gasteiger charge is 2.22. The van der Waals surface area contributed by atoms with Gasteiger partial charge >= 0.3 is 0 Å². The topological polar surface area (TPSA) is 88.3 Å². The lowest BCUT2D eigenvalue weighted by Gasteiger charge is -2.15. The summed E-state index contributed by atoms with van der Waals surface area (Å²) in [6, 6.07) is 3.72. The number of aliphatic hydroxyl groups is 1. The van der Waals surface area contributed by atoms with Crippen LogP contribution in [-0.2, 0) is 23.0 Å². The van der Waals surface area contributed by atoms with E-state index in [0.29, 0.717) is 13.0 Å². The molecule has 0 bridgehead atoms. The lowest BCUT2D eigenvalue weighted by atomic mass is 10.2. The largest absolute Gasteiger partial charge is 0.394 e. The van der Waals surface area contributed by atoms with Crippen molar-refractivity contribution in [1.29, 1.82) is 0 Å². The van der Waals surface area contributed by atoms with Crippen LogP contribution in [0.15, 0.2) is 41.8 Å². The van der Waals surface area contributed by atoms with Crippen molar-refractivity contribution in [2.24, 2.45) is 0 Å². The van der Waals surface area contributed by atoms with Gasteiger partial charge < -0.3 is 5.11 Å². The molecule has 114 valence electrons. The van der Waals surface area contributed by atoms with E-state index in [2.05, 4.69) is 10.1 Å². The molecule has 8 heteroatoms. The molecule has 0 spiro atoms. The van der Waals surface area contributed by atoms with E-state index in [1.165, 1.54) is 21.4 Å². The maximum atomic E-state index is 12.4. The van der Waals surface area contributed by atoms with E-state index in [4.69, 9.17) is 5.11 Å². The first-order chi connectivity index (χ1) is 10.0. The minimum atomic E-state index is -3.55. The summed E-state index contributed by atoms with van der Waals surface area (Å²) >= 11 is 0. The number of pyridine rings is 1. The molecule has 0 aliphatic heterocycles. The summed E-state index contributed by atoms with van der Waals surface area (Å²) in [5.74, 6) is 0. The van der Waals surface area contributed by atoms with Crippen LogP contribution < -0.4 is 0 Å². The van der Waals surface area contributed by atoms with Gasteiger partial charge in [-0.05, 0) is 24.1 Å². The zero-order valence-electron chi connectivity index (χ0n) is 11.8. The third kappa shape index (κ3) is 3.87. The first-order valence-corrected chi connectivity index (χ1v) is 7.96. The Morgan fingerprint density at radius 2 is 2.05 bits per heavy atom. The Kier molecular flexibility index (Phi) is 5.05. The fraction of sp³-hybridized carbons (Fsp3) is 0.385. The van der Waals surface area contributed by atoms with Crippen LogP contribution in [0.25, 0.3) is 0 Å². The molecule has 0 saturated carbocycles. The number of likely N-dealkylation sites (N-methyl/N-ethyl adjacent to an activating group) is 1. The van der Waals surface area contributed by atoms with Crippen molar-refractivity contribution in [2.45, 2.75) is 17.9 Å². The predicted molar refractivity (Wildman–Crippen MR) is 77.1 cm³/mol. The predicted octanol–water partition coefficient (Wildman–Crippen LogP) is 0.134. The molecule has 1 N–H and O–H groups in total. The van der Waals surface area contributed by atoms with E-state index in [9.17, 15) is 8.42 Å². The average Bonchev–Trinajstić information content (AvgIpc) is 2.95. The molecule has 2 aromatic rings. The van der Waals surface area contributed by atoms with Gasteiger partial charge in [0.1, 0.15) is 4.90 Å². The van der Waals surface area contributed by atoms with E-state index < -0.39 is 10.0 Å². The molecular formula is C13H18N4O3S. The van der Waals surface area contributed by atoms with Gasteiger partial charge in [-0.25, -0.2) is 12.7 Å². The van der Waals surface area contributed by atoms with Crippen molar-refractivity contribution in [3.8, 4) is 0 Å². The van der Waals surface area contributed by atoms with E-state index >= 15 is 0 Å². The summed E-state index contributed by atoms with van der Waals surface area (Å²) in [5.41, 5.74) is 1.03. The van der Waals surface area contributed by atoms with Gasteiger partial charge in [0.2, 0.25) is 10.0 Å². The number of rotatable bonds is 7. The Balaban J connectivity index is 2.04. The second kappa shape index (κ2) is 6.79. The van der Waals surface area contributed by atoms with Crippen LogP contribution in [0.1, 0.15) is 5.56 Å². The maximum absolute atomic E-state index is 12.4. The van der Waals surface area contributed by atoms with E-state index in [1.807, 2.05) is 12.1 Å². The van der Waals surface area contributed by atoms with Crippen LogP contribution in [0.2, 0.25) is 0 Å². The van der Waals surface area contributed by atoms with Crippen LogP contribution in [0.3, 0.4) is 0 Å². The maximum Gasteiger partial charge on any atom is 0.245 e. The minimum Gasteiger partial charge on any atom is -0.394 e. The van der Waals surface area contributed by atoms with Gasteiger partial charge in [0.15, 0.2) is 0 Å². The van der Waals surface area contributed by atoms with E-state index in [-0.39, 0.29) is 18.0 Å². The Morgan fingerprint density at radius 3 is 2.71 bits per heavy atom. The Morgan fingerprint density at radius 1 is 1.33 bits per heavy atom. The number of nitrogens with zero attached hydrogens (tertiary/aromatic N) is 4. The monoisotopic (exact) mass is 310 g/mol. The van der Waals surface area contributed by atoms with Crippen molar-refractivity contribution in [2.75, 3.05) is 20.2 Å². The Hall–Kier alpha value is -1.77. The first-order valence-electron chi connectivity index (χ1n) is 6.52. The van der Waals surface area contributed by atoms with Gasteiger partial charge in [0.25, 0.3) is 0 Å². The highest BCUT2D eigenvalue weighted by atomic mass is 32.2. The molecule has 0 amide bonds. The summed E-state index contributed by atoms with van der Waals surface area (Å²) in [6.45, 7) is 0.562. The second-order valence-corrected chi connectivity index (χ2v) is 6.64. The zero-order chi connectivity index (χ0) is 15.3. The minimum absolute atomic E-state index is 0.0843. The average molecular weight is 310 g/mol. The molecule has 7 nitrogen and oxygen atoms in total. The summed E-state index contributed by atoms with van der Waals surface area (Å²) in [5, 5.41) is 12.7. The lowest BCUT2D eigenvalue weighted by Crippen LogP contribution is -2.28. The third-order valence-electron chi connectivity index (χ3n) is 3.11. The summed E-state index contributed by atoms with van der Waals surface area (Å²) in [7, 11) is -2.01. The number of sulfonamides is 1. The molecule has 0 aliphatic carbocycles. The molecule has 21 heavy (non-hydrogen) atoms. The molecular weight excluding hydrogens is 292 g/mol. The van der Waals surface area contributed by atoms with Crippen molar-refractivity contribution in [3.63, 3.8) is 0 Å². The fourth-order valence-corrected chi connectivity index (χ4v) is 2.97. The summed E-state index contributed by atoms with van der Waals surface area (Å²) < 4.78 is 27.4. The quantitative estimate of drug-likeness (QED) is 0.785. The molecule has 0 aromatic carbocycles. The Labute approximate surface area is 123 Å². The van der Waals surface area contributed by atoms with Crippen molar-refractivity contribution >= 4 is 10.0 Å². The van der Waals surface area contributed by atoms with E-state index in [0.717, 1.165) is 5.56 Å². The number of hydrogen-bond donors (Lipinski definition) is 1. The van der Waals surface area contributed by atoms with Crippen LogP contribution in [-0.4, -0.2) is 52.8 Å². The first kappa shape index (κ1) is 15.6. The standard InChI is InChI=1S/C13H18N4O3S/c1-16(7-4-12-2-5-14-6-3-12)21(19,20)13-10-15-17(11-13)8-9-18/h2-3,5-6,10-11,18H,4,7-9H2,1H3. The van der Waals surface area contributed by atoms with E-state index in [1.54, 1.807) is 19.4 Å². The van der Waals surface area contributed by atoms with Gasteiger partial charge in [-0.3, -0.25) is 9.67 Å². The molecule has 0 atom stereocenters. The zero-order valence-corrected chi connectivity index (χ0v) is 12.6. The molecule has 0 fully saturated rings. The Bertz CT molecular complexity index is 670. The molecule has 0 aliphatic rings. The molecule has 2 heterocycles. The van der Waals surface area contributed by atoms with Gasteiger partial charge in [-0.1, -0.05) is 0 Å². The van der Waals surface area contributed by atoms with Crippen LogP contribution in [0.4, 0.5) is 0 Å². The molecule has 0 radical (unpaired) electrons. The highest BCUT2D eigenvalue weighted by molar-refractivity contribution is 7.89. The van der Waals surface area contributed by atoms with Crippen molar-refractivity contribution in [1.82, 2.24) is 19.1 Å².